The highest BCUT2D eigenvalue weighted by Gasteiger charge is 2.18. The second kappa shape index (κ2) is 5.28. The van der Waals surface area contributed by atoms with Crippen molar-refractivity contribution in [3.05, 3.63) is 41.1 Å². The number of nitrogens with zero attached hydrogens (tertiary/aromatic N) is 1. The number of amides is 1. The van der Waals surface area contributed by atoms with Gasteiger partial charge in [0.1, 0.15) is 0 Å². The Kier molecular flexibility index (Phi) is 3.70. The molecule has 1 amide bonds. The first-order valence-electron chi connectivity index (χ1n) is 6.27. The van der Waals surface area contributed by atoms with E-state index < -0.39 is 18.0 Å². The minimum atomic E-state index is -0.963. The molecule has 0 bridgehead atoms. The first-order valence-corrected chi connectivity index (χ1v) is 6.27. The summed E-state index contributed by atoms with van der Waals surface area (Å²) in [6, 6.07) is 7.53. The molecule has 0 saturated heterocycles. The number of pyridine rings is 1. The highest BCUT2D eigenvalue weighted by atomic mass is 16.5. The quantitative estimate of drug-likeness (QED) is 0.865. The molecule has 5 heteroatoms. The summed E-state index contributed by atoms with van der Waals surface area (Å²) < 4.78 is 5.00. The zero-order valence-electron chi connectivity index (χ0n) is 11.6. The SMILES string of the molecule is Cc1ccc2nc(C)c(C(=O)OC(C)C(N)=O)cc2c1. The number of hydrogen-bond acceptors (Lipinski definition) is 4. The number of esters is 1. The molecular formula is C15H16N2O3. The predicted octanol–water partition coefficient (Wildman–Crippen LogP) is 1.88. The van der Waals surface area contributed by atoms with Crippen LogP contribution in [0.25, 0.3) is 10.9 Å². The maximum absolute atomic E-state index is 12.0. The zero-order valence-corrected chi connectivity index (χ0v) is 11.6. The van der Waals surface area contributed by atoms with Gasteiger partial charge in [-0.3, -0.25) is 9.78 Å². The molecule has 1 aromatic carbocycles. The average Bonchev–Trinajstić information content (AvgIpc) is 2.38. The van der Waals surface area contributed by atoms with Crippen molar-refractivity contribution in [3.8, 4) is 0 Å². The predicted molar refractivity (Wildman–Crippen MR) is 75.3 cm³/mol. The molecule has 2 rings (SSSR count). The summed E-state index contributed by atoms with van der Waals surface area (Å²) in [6.45, 7) is 5.13. The first kappa shape index (κ1) is 14.0. The van der Waals surface area contributed by atoms with Crippen LogP contribution in [-0.4, -0.2) is 23.0 Å². The molecule has 5 nitrogen and oxygen atoms in total. The number of carbonyl (C=O) groups excluding carboxylic acids is 2. The van der Waals surface area contributed by atoms with E-state index in [9.17, 15) is 9.59 Å². The van der Waals surface area contributed by atoms with Gasteiger partial charge in [0.05, 0.1) is 16.8 Å². The molecule has 0 spiro atoms. The van der Waals surface area contributed by atoms with Crippen molar-refractivity contribution in [2.24, 2.45) is 5.73 Å². The number of nitrogens with two attached hydrogens (primary N) is 1. The summed E-state index contributed by atoms with van der Waals surface area (Å²) in [5.74, 6) is -1.27. The number of aryl methyl sites for hydroxylation is 2. The van der Waals surface area contributed by atoms with Gasteiger partial charge in [-0.2, -0.15) is 0 Å². The number of ether oxygens (including phenoxy) is 1. The lowest BCUT2D eigenvalue weighted by molar-refractivity contribution is -0.125. The van der Waals surface area contributed by atoms with Gasteiger partial charge in [0.25, 0.3) is 5.91 Å². The van der Waals surface area contributed by atoms with Crippen LogP contribution in [0.15, 0.2) is 24.3 Å². The van der Waals surface area contributed by atoms with Crippen molar-refractivity contribution >= 4 is 22.8 Å². The summed E-state index contributed by atoms with van der Waals surface area (Å²) in [5, 5.41) is 0.856. The molecule has 104 valence electrons. The van der Waals surface area contributed by atoms with Gasteiger partial charge >= 0.3 is 5.97 Å². The number of carbonyl (C=O) groups is 2. The van der Waals surface area contributed by atoms with E-state index in [-0.39, 0.29) is 0 Å². The second-order valence-corrected chi connectivity index (χ2v) is 4.77. The van der Waals surface area contributed by atoms with Crippen LogP contribution in [0, 0.1) is 13.8 Å². The van der Waals surface area contributed by atoms with Crippen LogP contribution < -0.4 is 5.73 Å². The summed E-state index contributed by atoms with van der Waals surface area (Å²) >= 11 is 0. The van der Waals surface area contributed by atoms with Gasteiger partial charge in [-0.05, 0) is 39.0 Å². The molecular weight excluding hydrogens is 256 g/mol. The Morgan fingerprint density at radius 3 is 2.60 bits per heavy atom. The average molecular weight is 272 g/mol. The molecule has 1 aromatic heterocycles. The van der Waals surface area contributed by atoms with E-state index in [0.29, 0.717) is 11.3 Å². The molecule has 1 atom stereocenters. The fraction of sp³-hybridized carbons (Fsp3) is 0.267. The Hall–Kier alpha value is -2.43. The molecule has 0 radical (unpaired) electrons. The van der Waals surface area contributed by atoms with Gasteiger partial charge in [0.2, 0.25) is 0 Å². The van der Waals surface area contributed by atoms with Gasteiger partial charge in [-0.1, -0.05) is 11.6 Å². The Bertz CT molecular complexity index is 695. The van der Waals surface area contributed by atoms with Gasteiger partial charge in [-0.25, -0.2) is 4.79 Å². The minimum Gasteiger partial charge on any atom is -0.449 e. The van der Waals surface area contributed by atoms with E-state index in [4.69, 9.17) is 10.5 Å². The van der Waals surface area contributed by atoms with Crippen LogP contribution in [-0.2, 0) is 9.53 Å². The molecule has 0 aliphatic heterocycles. The van der Waals surface area contributed by atoms with Gasteiger partial charge in [0.15, 0.2) is 6.10 Å². The third-order valence-corrected chi connectivity index (χ3v) is 3.07. The number of aromatic nitrogens is 1. The number of hydrogen-bond donors (Lipinski definition) is 1. The maximum Gasteiger partial charge on any atom is 0.340 e. The number of benzene rings is 1. The molecule has 1 heterocycles. The summed E-state index contributed by atoms with van der Waals surface area (Å²) in [7, 11) is 0. The van der Waals surface area contributed by atoms with E-state index >= 15 is 0 Å². The third kappa shape index (κ3) is 2.77. The largest absolute Gasteiger partial charge is 0.449 e. The number of rotatable bonds is 3. The molecule has 0 fully saturated rings. The van der Waals surface area contributed by atoms with E-state index in [1.807, 2.05) is 25.1 Å². The van der Waals surface area contributed by atoms with Gasteiger partial charge in [0, 0.05) is 5.39 Å². The van der Waals surface area contributed by atoms with E-state index in [1.165, 1.54) is 6.92 Å². The fourth-order valence-electron chi connectivity index (χ4n) is 1.88. The van der Waals surface area contributed by atoms with Crippen molar-refractivity contribution in [3.63, 3.8) is 0 Å². The van der Waals surface area contributed by atoms with Crippen molar-refractivity contribution in [1.29, 1.82) is 0 Å². The van der Waals surface area contributed by atoms with E-state index in [0.717, 1.165) is 16.5 Å². The third-order valence-electron chi connectivity index (χ3n) is 3.07. The normalized spacial score (nSPS) is 12.2. The van der Waals surface area contributed by atoms with E-state index in [1.54, 1.807) is 13.0 Å². The Morgan fingerprint density at radius 1 is 1.25 bits per heavy atom. The molecule has 2 aromatic rings. The molecule has 0 saturated carbocycles. The number of fused-ring (bicyclic) bond motifs is 1. The van der Waals surface area contributed by atoms with Crippen LogP contribution in [0.1, 0.15) is 28.5 Å². The van der Waals surface area contributed by atoms with Crippen molar-refractivity contribution in [2.75, 3.05) is 0 Å². The van der Waals surface area contributed by atoms with Gasteiger partial charge < -0.3 is 10.5 Å². The standard InChI is InChI=1S/C15H16N2O3/c1-8-4-5-13-11(6-8)7-12(9(2)17-13)15(19)20-10(3)14(16)18/h4-7,10H,1-3H3,(H2,16,18). The van der Waals surface area contributed by atoms with Crippen molar-refractivity contribution in [1.82, 2.24) is 4.98 Å². The van der Waals surface area contributed by atoms with Crippen LogP contribution in [0.2, 0.25) is 0 Å². The second-order valence-electron chi connectivity index (χ2n) is 4.77. The molecule has 0 aliphatic carbocycles. The van der Waals surface area contributed by atoms with Crippen molar-refractivity contribution in [2.45, 2.75) is 26.9 Å². The molecule has 20 heavy (non-hydrogen) atoms. The number of primary amides is 1. The summed E-state index contributed by atoms with van der Waals surface area (Å²) in [6.07, 6.45) is -0.963. The Balaban J connectivity index is 2.40. The molecule has 0 aliphatic rings. The topological polar surface area (TPSA) is 82.3 Å². The lowest BCUT2D eigenvalue weighted by Crippen LogP contribution is -2.30. The van der Waals surface area contributed by atoms with Crippen LogP contribution in [0.4, 0.5) is 0 Å². The molecule has 2 N–H and O–H groups in total. The summed E-state index contributed by atoms with van der Waals surface area (Å²) in [4.78, 5) is 27.3. The zero-order chi connectivity index (χ0) is 14.9. The smallest absolute Gasteiger partial charge is 0.340 e. The van der Waals surface area contributed by atoms with Crippen LogP contribution >= 0.6 is 0 Å². The highest BCUT2D eigenvalue weighted by molar-refractivity contribution is 5.96. The maximum atomic E-state index is 12.0. The fourth-order valence-corrected chi connectivity index (χ4v) is 1.88. The minimum absolute atomic E-state index is 0.344. The lowest BCUT2D eigenvalue weighted by atomic mass is 10.1. The molecule has 1 unspecified atom stereocenters. The monoisotopic (exact) mass is 272 g/mol. The van der Waals surface area contributed by atoms with E-state index in [2.05, 4.69) is 4.98 Å². The Labute approximate surface area is 116 Å². The van der Waals surface area contributed by atoms with Gasteiger partial charge in [-0.15, -0.1) is 0 Å². The van der Waals surface area contributed by atoms with Crippen LogP contribution in [0.3, 0.4) is 0 Å². The Morgan fingerprint density at radius 2 is 1.95 bits per heavy atom. The van der Waals surface area contributed by atoms with Crippen LogP contribution in [0.5, 0.6) is 0 Å². The first-order chi connectivity index (χ1) is 9.38. The summed E-state index contributed by atoms with van der Waals surface area (Å²) in [5.41, 5.74) is 7.87. The van der Waals surface area contributed by atoms with Crippen molar-refractivity contribution < 1.29 is 14.3 Å². The highest BCUT2D eigenvalue weighted by Crippen LogP contribution is 2.19. The lowest BCUT2D eigenvalue weighted by Gasteiger charge is -2.11.